The minimum Gasteiger partial charge on any atom is -0.379 e. The fraction of sp³-hybridized carbons (Fsp3) is 0.333. The molecule has 0 amide bonds. The molecule has 2 heterocycles. The van der Waals surface area contributed by atoms with Crippen LogP contribution in [-0.2, 0) is 11.2 Å². The van der Waals surface area contributed by atoms with E-state index >= 15 is 0 Å². The summed E-state index contributed by atoms with van der Waals surface area (Å²) in [6.45, 7) is 3.05. The summed E-state index contributed by atoms with van der Waals surface area (Å²) in [5, 5.41) is 24.7. The van der Waals surface area contributed by atoms with Gasteiger partial charge in [-0.05, 0) is 61.0 Å². The molecular weight excluding hydrogens is 492 g/mol. The topological polar surface area (TPSA) is 46.9 Å². The van der Waals surface area contributed by atoms with Gasteiger partial charge in [-0.15, -0.1) is 0 Å². The smallest absolute Gasteiger partial charge is 0.127 e. The first-order valence-electron chi connectivity index (χ1n) is 14.7. The molecule has 0 saturated carbocycles. The highest BCUT2D eigenvalue weighted by atomic mass is 16.3. The van der Waals surface area contributed by atoms with E-state index in [0.717, 1.165) is 61.0 Å². The first-order chi connectivity index (χ1) is 19.6. The normalized spacial score (nSPS) is 20.6. The highest BCUT2D eigenvalue weighted by molar-refractivity contribution is 5.38. The molecule has 40 heavy (non-hydrogen) atoms. The third kappa shape index (κ3) is 5.25. The summed E-state index contributed by atoms with van der Waals surface area (Å²) in [6, 6.07) is 41.1. The van der Waals surface area contributed by atoms with Crippen LogP contribution in [0.25, 0.3) is 0 Å². The molecule has 2 aliphatic rings. The molecular formula is C36H40N2O2. The first-order valence-corrected chi connectivity index (χ1v) is 14.7. The van der Waals surface area contributed by atoms with Crippen LogP contribution >= 0.6 is 0 Å². The largest absolute Gasteiger partial charge is 0.379 e. The predicted octanol–water partition coefficient (Wildman–Crippen LogP) is 5.79. The lowest BCUT2D eigenvalue weighted by molar-refractivity contribution is -0.00249. The molecule has 2 N–H and O–H groups in total. The van der Waals surface area contributed by atoms with Crippen LogP contribution in [0.15, 0.2) is 121 Å². The summed E-state index contributed by atoms with van der Waals surface area (Å²) < 4.78 is 0. The maximum absolute atomic E-state index is 12.3. The summed E-state index contributed by atoms with van der Waals surface area (Å²) >= 11 is 0. The molecule has 0 aromatic heterocycles. The predicted molar refractivity (Wildman–Crippen MR) is 161 cm³/mol. The Labute approximate surface area is 238 Å². The van der Waals surface area contributed by atoms with Crippen molar-refractivity contribution in [3.63, 3.8) is 0 Å². The maximum Gasteiger partial charge on any atom is 0.127 e. The Morgan fingerprint density at radius 1 is 0.475 bits per heavy atom. The van der Waals surface area contributed by atoms with Crippen molar-refractivity contribution in [3.05, 3.63) is 144 Å². The fourth-order valence-electron chi connectivity index (χ4n) is 7.11. The molecule has 2 atom stereocenters. The monoisotopic (exact) mass is 532 g/mol. The van der Waals surface area contributed by atoms with E-state index in [1.807, 2.05) is 121 Å². The molecule has 4 aromatic rings. The lowest BCUT2D eigenvalue weighted by Crippen LogP contribution is -2.53. The number of aliphatic hydroxyl groups is 2. The van der Waals surface area contributed by atoms with Gasteiger partial charge in [0.25, 0.3) is 0 Å². The summed E-state index contributed by atoms with van der Waals surface area (Å²) in [5.74, 6) is 0. The number of nitrogens with zero attached hydrogens (tertiary/aromatic N) is 2. The van der Waals surface area contributed by atoms with Gasteiger partial charge in [-0.2, -0.15) is 0 Å². The summed E-state index contributed by atoms with van der Waals surface area (Å²) in [6.07, 6.45) is 4.46. The first kappa shape index (κ1) is 26.9. The molecule has 0 unspecified atom stereocenters. The Morgan fingerprint density at radius 3 is 1.02 bits per heavy atom. The lowest BCUT2D eigenvalue weighted by Gasteiger charge is -2.42. The van der Waals surface area contributed by atoms with Crippen LogP contribution in [0.1, 0.15) is 47.9 Å². The summed E-state index contributed by atoms with van der Waals surface area (Å²) in [4.78, 5) is 5.04. The minimum absolute atomic E-state index is 0.331. The Balaban J connectivity index is 1.29. The SMILES string of the molecule is OC(CN1CCC[C@@H]1[C@H]1CCCN1CC(O)(c1ccccc1)c1ccccc1)(c1ccccc1)c1ccccc1. The maximum atomic E-state index is 12.3. The van der Waals surface area contributed by atoms with Crippen molar-refractivity contribution in [1.29, 1.82) is 0 Å². The summed E-state index contributed by atoms with van der Waals surface area (Å²) in [7, 11) is 0. The second-order valence-corrected chi connectivity index (χ2v) is 11.5. The van der Waals surface area contributed by atoms with Crippen molar-refractivity contribution in [1.82, 2.24) is 9.80 Å². The van der Waals surface area contributed by atoms with Crippen molar-refractivity contribution in [2.45, 2.75) is 49.0 Å². The standard InChI is InChI=1S/C36H40N2O2/c39-35(29-15-5-1-6-16-29,30-17-7-2-8-18-30)27-37-25-13-23-33(37)34-24-14-26-38(34)28-36(40,31-19-9-3-10-20-31)32-21-11-4-12-22-32/h1-12,15-22,33-34,39-40H,13-14,23-28H2/t33-,34-/m1/s1. The van der Waals surface area contributed by atoms with E-state index in [0.29, 0.717) is 25.2 Å². The third-order valence-corrected chi connectivity index (χ3v) is 9.14. The number of hydrogen-bond acceptors (Lipinski definition) is 4. The molecule has 2 fully saturated rings. The van der Waals surface area contributed by atoms with E-state index in [1.54, 1.807) is 0 Å². The Morgan fingerprint density at radius 2 is 0.750 bits per heavy atom. The molecule has 4 nitrogen and oxygen atoms in total. The number of benzene rings is 4. The van der Waals surface area contributed by atoms with Crippen molar-refractivity contribution in [2.24, 2.45) is 0 Å². The van der Waals surface area contributed by atoms with E-state index in [-0.39, 0.29) is 0 Å². The highest BCUT2D eigenvalue weighted by Gasteiger charge is 2.44. The number of hydrogen-bond donors (Lipinski definition) is 2. The molecule has 2 aliphatic heterocycles. The average Bonchev–Trinajstić information content (AvgIpc) is 3.67. The molecule has 4 heteroatoms. The van der Waals surface area contributed by atoms with E-state index in [9.17, 15) is 10.2 Å². The van der Waals surface area contributed by atoms with E-state index in [4.69, 9.17) is 0 Å². The van der Waals surface area contributed by atoms with Crippen LogP contribution in [-0.4, -0.2) is 58.3 Å². The van der Waals surface area contributed by atoms with Crippen LogP contribution in [0.5, 0.6) is 0 Å². The molecule has 0 spiro atoms. The van der Waals surface area contributed by atoms with Crippen molar-refractivity contribution in [2.75, 3.05) is 26.2 Å². The Hall–Kier alpha value is -3.28. The van der Waals surface area contributed by atoms with Gasteiger partial charge < -0.3 is 10.2 Å². The molecule has 0 bridgehead atoms. The van der Waals surface area contributed by atoms with Gasteiger partial charge in [-0.1, -0.05) is 121 Å². The molecule has 0 aliphatic carbocycles. The quantitative estimate of drug-likeness (QED) is 0.287. The van der Waals surface area contributed by atoms with Gasteiger partial charge in [0, 0.05) is 25.2 Å². The zero-order valence-electron chi connectivity index (χ0n) is 23.1. The van der Waals surface area contributed by atoms with Crippen LogP contribution < -0.4 is 0 Å². The minimum atomic E-state index is -1.09. The van der Waals surface area contributed by atoms with Gasteiger partial charge in [0.1, 0.15) is 11.2 Å². The lowest BCUT2D eigenvalue weighted by atomic mass is 9.84. The zero-order chi connectivity index (χ0) is 27.4. The van der Waals surface area contributed by atoms with Crippen LogP contribution in [0.2, 0.25) is 0 Å². The molecule has 6 rings (SSSR count). The Kier molecular flexibility index (Phi) is 7.86. The number of likely N-dealkylation sites (tertiary alicyclic amines) is 2. The van der Waals surface area contributed by atoms with Gasteiger partial charge in [-0.3, -0.25) is 9.80 Å². The van der Waals surface area contributed by atoms with Gasteiger partial charge in [0.2, 0.25) is 0 Å². The summed E-state index contributed by atoms with van der Waals surface area (Å²) in [5.41, 5.74) is 1.53. The van der Waals surface area contributed by atoms with Crippen molar-refractivity contribution < 1.29 is 10.2 Å². The van der Waals surface area contributed by atoms with Gasteiger partial charge >= 0.3 is 0 Å². The van der Waals surface area contributed by atoms with E-state index in [2.05, 4.69) is 9.80 Å². The average molecular weight is 533 g/mol. The van der Waals surface area contributed by atoms with E-state index in [1.165, 1.54) is 0 Å². The van der Waals surface area contributed by atoms with Crippen molar-refractivity contribution >= 4 is 0 Å². The van der Waals surface area contributed by atoms with Gasteiger partial charge in [0.05, 0.1) is 0 Å². The van der Waals surface area contributed by atoms with Crippen LogP contribution in [0, 0.1) is 0 Å². The fourth-order valence-corrected chi connectivity index (χ4v) is 7.11. The van der Waals surface area contributed by atoms with Crippen LogP contribution in [0.4, 0.5) is 0 Å². The molecule has 2 saturated heterocycles. The third-order valence-electron chi connectivity index (χ3n) is 9.14. The number of β-amino-alcohol motifs (C(OH)–C–C–N with tert-alkyl or cyclic N) is 2. The van der Waals surface area contributed by atoms with Crippen LogP contribution in [0.3, 0.4) is 0 Å². The second kappa shape index (κ2) is 11.7. The van der Waals surface area contributed by atoms with Gasteiger partial charge in [-0.25, -0.2) is 0 Å². The number of rotatable bonds is 9. The Bertz CT molecular complexity index is 1160. The molecule has 0 radical (unpaired) electrons. The zero-order valence-corrected chi connectivity index (χ0v) is 23.1. The second-order valence-electron chi connectivity index (χ2n) is 11.5. The van der Waals surface area contributed by atoms with E-state index < -0.39 is 11.2 Å². The van der Waals surface area contributed by atoms with Gasteiger partial charge in [0.15, 0.2) is 0 Å². The van der Waals surface area contributed by atoms with Crippen molar-refractivity contribution in [3.8, 4) is 0 Å². The molecule has 206 valence electrons. The molecule has 4 aromatic carbocycles. The highest BCUT2D eigenvalue weighted by Crippen LogP contribution is 2.38.